The van der Waals surface area contributed by atoms with E-state index in [1.54, 1.807) is 6.33 Å². The summed E-state index contributed by atoms with van der Waals surface area (Å²) in [5.41, 5.74) is 1.18. The third kappa shape index (κ3) is 3.34. The van der Waals surface area contributed by atoms with Crippen LogP contribution in [0.5, 0.6) is 0 Å². The lowest BCUT2D eigenvalue weighted by molar-refractivity contribution is 0.281. The molecule has 0 bridgehead atoms. The maximum absolute atomic E-state index is 4.00. The Morgan fingerprint density at radius 2 is 2.20 bits per heavy atom. The summed E-state index contributed by atoms with van der Waals surface area (Å²) in [4.78, 5) is 7.11. The van der Waals surface area contributed by atoms with Crippen LogP contribution in [0.15, 0.2) is 12.5 Å². The van der Waals surface area contributed by atoms with Gasteiger partial charge in [-0.15, -0.1) is 0 Å². The zero-order chi connectivity index (χ0) is 10.5. The number of nitrogens with zero attached hydrogens (tertiary/aromatic N) is 1. The highest BCUT2D eigenvalue weighted by molar-refractivity contribution is 4.93. The minimum absolute atomic E-state index is 0.893. The lowest BCUT2D eigenvalue weighted by Gasteiger charge is -2.26. The molecule has 0 saturated heterocycles. The fourth-order valence-electron chi connectivity index (χ4n) is 2.33. The third-order valence-corrected chi connectivity index (χ3v) is 3.44. The first kappa shape index (κ1) is 10.7. The molecule has 15 heavy (non-hydrogen) atoms. The van der Waals surface area contributed by atoms with E-state index in [1.807, 2.05) is 6.20 Å². The molecule has 1 aliphatic carbocycles. The topological polar surface area (TPSA) is 40.7 Å². The molecule has 1 fully saturated rings. The van der Waals surface area contributed by atoms with E-state index in [2.05, 4.69) is 22.2 Å². The van der Waals surface area contributed by atoms with Crippen molar-refractivity contribution in [1.29, 1.82) is 0 Å². The maximum Gasteiger partial charge on any atom is 0.0922 e. The van der Waals surface area contributed by atoms with Crippen LogP contribution in [0, 0.1) is 11.8 Å². The minimum atomic E-state index is 0.893. The molecule has 3 nitrogen and oxygen atoms in total. The summed E-state index contributed by atoms with van der Waals surface area (Å²) in [5, 5.41) is 3.50. The second-order valence-electron chi connectivity index (χ2n) is 4.83. The number of hydrogen-bond acceptors (Lipinski definition) is 2. The summed E-state index contributed by atoms with van der Waals surface area (Å²) >= 11 is 0. The monoisotopic (exact) mass is 207 g/mol. The van der Waals surface area contributed by atoms with Crippen molar-refractivity contribution in [3.63, 3.8) is 0 Å². The molecule has 1 saturated carbocycles. The van der Waals surface area contributed by atoms with Crippen molar-refractivity contribution in [3.05, 3.63) is 18.2 Å². The van der Waals surface area contributed by atoms with Crippen molar-refractivity contribution in [3.8, 4) is 0 Å². The van der Waals surface area contributed by atoms with E-state index in [0.29, 0.717) is 0 Å². The summed E-state index contributed by atoms with van der Waals surface area (Å²) in [6.45, 7) is 4.45. The zero-order valence-electron chi connectivity index (χ0n) is 9.50. The number of aromatic nitrogens is 2. The van der Waals surface area contributed by atoms with Crippen LogP contribution < -0.4 is 5.32 Å². The fourth-order valence-corrected chi connectivity index (χ4v) is 2.33. The molecule has 0 radical (unpaired) electrons. The molecule has 0 amide bonds. The Labute approximate surface area is 91.7 Å². The van der Waals surface area contributed by atoms with Crippen LogP contribution >= 0.6 is 0 Å². The van der Waals surface area contributed by atoms with E-state index >= 15 is 0 Å². The molecule has 2 N–H and O–H groups in total. The van der Waals surface area contributed by atoms with E-state index in [-0.39, 0.29) is 0 Å². The van der Waals surface area contributed by atoms with Gasteiger partial charge in [0.1, 0.15) is 0 Å². The lowest BCUT2D eigenvalue weighted by Crippen LogP contribution is -2.25. The normalized spacial score (nSPS) is 26.7. The van der Waals surface area contributed by atoms with Gasteiger partial charge in [-0.3, -0.25) is 0 Å². The molecule has 0 atom stereocenters. The largest absolute Gasteiger partial charge is 0.347 e. The van der Waals surface area contributed by atoms with Crippen molar-refractivity contribution in [2.24, 2.45) is 11.8 Å². The average Bonchev–Trinajstić information content (AvgIpc) is 2.74. The van der Waals surface area contributed by atoms with Gasteiger partial charge in [-0.1, -0.05) is 19.8 Å². The van der Waals surface area contributed by atoms with Gasteiger partial charge in [-0.2, -0.15) is 0 Å². The smallest absolute Gasteiger partial charge is 0.0922 e. The Hall–Kier alpha value is -0.830. The Morgan fingerprint density at radius 1 is 1.40 bits per heavy atom. The molecule has 1 aromatic rings. The number of aromatic amines is 1. The highest BCUT2D eigenvalue weighted by atomic mass is 14.9. The van der Waals surface area contributed by atoms with Crippen molar-refractivity contribution in [2.45, 2.75) is 39.2 Å². The molecule has 0 aliphatic heterocycles. The first-order valence-electron chi connectivity index (χ1n) is 6.02. The highest BCUT2D eigenvalue weighted by Crippen LogP contribution is 2.27. The molecule has 0 unspecified atom stereocenters. The van der Waals surface area contributed by atoms with E-state index in [4.69, 9.17) is 0 Å². The van der Waals surface area contributed by atoms with Gasteiger partial charge in [-0.05, 0) is 31.2 Å². The standard InChI is InChI=1S/C12H21N3/c1-10-2-4-11(5-3-10)6-13-7-12-8-14-9-15-12/h8-11,13H,2-7H2,1H3,(H,14,15). The van der Waals surface area contributed by atoms with Gasteiger partial charge in [0.25, 0.3) is 0 Å². The van der Waals surface area contributed by atoms with Gasteiger partial charge in [0.2, 0.25) is 0 Å². The molecular formula is C12H21N3. The number of nitrogens with one attached hydrogen (secondary N) is 2. The van der Waals surface area contributed by atoms with Gasteiger partial charge < -0.3 is 10.3 Å². The summed E-state index contributed by atoms with van der Waals surface area (Å²) < 4.78 is 0. The number of rotatable bonds is 4. The summed E-state index contributed by atoms with van der Waals surface area (Å²) in [6, 6.07) is 0. The van der Waals surface area contributed by atoms with E-state index in [9.17, 15) is 0 Å². The molecule has 3 heteroatoms. The first-order valence-corrected chi connectivity index (χ1v) is 6.02. The van der Waals surface area contributed by atoms with E-state index in [0.717, 1.165) is 24.9 Å². The third-order valence-electron chi connectivity index (χ3n) is 3.44. The summed E-state index contributed by atoms with van der Waals surface area (Å²) in [7, 11) is 0. The molecule has 1 aromatic heterocycles. The van der Waals surface area contributed by atoms with Crippen LogP contribution in [0.1, 0.15) is 38.3 Å². The quantitative estimate of drug-likeness (QED) is 0.795. The molecule has 84 valence electrons. The van der Waals surface area contributed by atoms with Crippen LogP contribution in [0.25, 0.3) is 0 Å². The van der Waals surface area contributed by atoms with E-state index in [1.165, 1.54) is 31.4 Å². The minimum Gasteiger partial charge on any atom is -0.347 e. The summed E-state index contributed by atoms with van der Waals surface area (Å²) in [6.07, 6.45) is 9.25. The molecule has 1 heterocycles. The van der Waals surface area contributed by atoms with Crippen molar-refractivity contribution in [1.82, 2.24) is 15.3 Å². The van der Waals surface area contributed by atoms with E-state index < -0.39 is 0 Å². The second-order valence-corrected chi connectivity index (χ2v) is 4.83. The first-order chi connectivity index (χ1) is 7.34. The zero-order valence-corrected chi connectivity index (χ0v) is 9.50. The Balaban J connectivity index is 1.62. The van der Waals surface area contributed by atoms with Crippen LogP contribution in [-0.2, 0) is 6.54 Å². The molecule has 0 aromatic carbocycles. The predicted molar refractivity (Wildman–Crippen MR) is 61.4 cm³/mol. The van der Waals surface area contributed by atoms with Crippen molar-refractivity contribution >= 4 is 0 Å². The number of imidazole rings is 1. The van der Waals surface area contributed by atoms with Gasteiger partial charge in [0.05, 0.1) is 6.33 Å². The second kappa shape index (κ2) is 5.31. The van der Waals surface area contributed by atoms with Crippen LogP contribution in [-0.4, -0.2) is 16.5 Å². The van der Waals surface area contributed by atoms with Gasteiger partial charge in [-0.25, -0.2) is 4.98 Å². The van der Waals surface area contributed by atoms with Gasteiger partial charge >= 0.3 is 0 Å². The molecule has 2 rings (SSSR count). The maximum atomic E-state index is 4.00. The Bertz CT molecular complexity index is 260. The Morgan fingerprint density at radius 3 is 2.87 bits per heavy atom. The van der Waals surface area contributed by atoms with Crippen LogP contribution in [0.3, 0.4) is 0 Å². The number of H-pyrrole nitrogens is 1. The van der Waals surface area contributed by atoms with Crippen LogP contribution in [0.2, 0.25) is 0 Å². The molecule has 0 spiro atoms. The molecule has 1 aliphatic rings. The Kier molecular flexibility index (Phi) is 3.78. The fraction of sp³-hybridized carbons (Fsp3) is 0.750. The number of hydrogen-bond donors (Lipinski definition) is 2. The SMILES string of the molecule is CC1CCC(CNCc2cnc[nH]2)CC1. The van der Waals surface area contributed by atoms with Crippen molar-refractivity contribution in [2.75, 3.05) is 6.54 Å². The van der Waals surface area contributed by atoms with Crippen molar-refractivity contribution < 1.29 is 0 Å². The lowest BCUT2D eigenvalue weighted by atomic mass is 9.83. The average molecular weight is 207 g/mol. The van der Waals surface area contributed by atoms with Gasteiger partial charge in [0, 0.05) is 18.4 Å². The summed E-state index contributed by atoms with van der Waals surface area (Å²) in [5.74, 6) is 1.85. The highest BCUT2D eigenvalue weighted by Gasteiger charge is 2.17. The molecular weight excluding hydrogens is 186 g/mol. The van der Waals surface area contributed by atoms with Crippen LogP contribution in [0.4, 0.5) is 0 Å². The predicted octanol–water partition coefficient (Wildman–Crippen LogP) is 2.33. The van der Waals surface area contributed by atoms with Gasteiger partial charge in [0.15, 0.2) is 0 Å².